The van der Waals surface area contributed by atoms with Gasteiger partial charge in [0, 0.05) is 40.8 Å². The molecule has 0 aromatic heterocycles. The van der Waals surface area contributed by atoms with Crippen LogP contribution in [0.1, 0.15) is 27.7 Å². The average Bonchev–Trinajstić information content (AvgIpc) is 2.13. The Kier molecular flexibility index (Phi) is 63.0. The van der Waals surface area contributed by atoms with Crippen molar-refractivity contribution >= 4 is 41.2 Å². The maximum absolute atomic E-state index is 9.00. The van der Waals surface area contributed by atoms with E-state index in [1.165, 1.54) is 0 Å². The van der Waals surface area contributed by atoms with E-state index in [0.717, 1.165) is 27.7 Å². The van der Waals surface area contributed by atoms with E-state index in [0.29, 0.717) is 13.1 Å². The molecule has 0 spiro atoms. The first kappa shape index (κ1) is 36.6. The lowest BCUT2D eigenvalue weighted by molar-refractivity contribution is -0.135. The molecule has 11 heteroatoms. The highest BCUT2D eigenvalue weighted by Crippen LogP contribution is 1.43. The van der Waals surface area contributed by atoms with E-state index in [9.17, 15) is 0 Å². The van der Waals surface area contributed by atoms with E-state index >= 15 is 0 Å². The molecule has 0 aliphatic carbocycles. The highest BCUT2D eigenvalue weighted by Gasteiger charge is 1.66. The second-order valence-corrected chi connectivity index (χ2v) is 2.65. The van der Waals surface area contributed by atoms with Crippen molar-refractivity contribution < 1.29 is 39.6 Å². The fourth-order valence-corrected chi connectivity index (χ4v) is 0. The van der Waals surface area contributed by atoms with Crippen LogP contribution in [0.3, 0.4) is 0 Å². The molecular formula is C10H27AlN2O8. The fourth-order valence-electron chi connectivity index (χ4n) is 0. The maximum atomic E-state index is 9.00. The molecule has 0 radical (unpaired) electrons. The Balaban J connectivity index is -0.0000000331. The Morgan fingerprint density at radius 1 is 0.619 bits per heavy atom. The van der Waals surface area contributed by atoms with Gasteiger partial charge in [-0.3, -0.25) is 19.2 Å². The molecule has 8 N–H and O–H groups in total. The zero-order valence-electron chi connectivity index (χ0n) is 12.0. The van der Waals surface area contributed by atoms with E-state index in [1.54, 1.807) is 0 Å². The van der Waals surface area contributed by atoms with E-state index in [1.807, 2.05) is 0 Å². The van der Waals surface area contributed by atoms with Gasteiger partial charge in [0.2, 0.25) is 0 Å². The van der Waals surface area contributed by atoms with Gasteiger partial charge in [-0.2, -0.15) is 0 Å². The lowest BCUT2D eigenvalue weighted by Crippen LogP contribution is -2.11. The molecule has 0 aliphatic rings. The summed E-state index contributed by atoms with van der Waals surface area (Å²) in [6.07, 6.45) is 0. The summed E-state index contributed by atoms with van der Waals surface area (Å²) in [7, 11) is 0. The van der Waals surface area contributed by atoms with Gasteiger partial charge in [0.05, 0.1) is 0 Å². The Morgan fingerprint density at radius 2 is 0.667 bits per heavy atom. The van der Waals surface area contributed by atoms with Crippen LogP contribution in [0.5, 0.6) is 0 Å². The van der Waals surface area contributed by atoms with Gasteiger partial charge in [-0.25, -0.2) is 0 Å². The van der Waals surface area contributed by atoms with Gasteiger partial charge in [-0.05, 0) is 0 Å². The van der Waals surface area contributed by atoms with Crippen molar-refractivity contribution in [2.45, 2.75) is 27.7 Å². The molecule has 0 rings (SSSR count). The van der Waals surface area contributed by atoms with Gasteiger partial charge in [0.15, 0.2) is 17.4 Å². The van der Waals surface area contributed by atoms with Crippen LogP contribution in [0.2, 0.25) is 0 Å². The molecule has 0 fully saturated rings. The number of carbonyl (C=O) groups is 4. The minimum absolute atomic E-state index is 0. The smallest absolute Gasteiger partial charge is 0.300 e. The largest absolute Gasteiger partial charge is 0.481 e. The van der Waals surface area contributed by atoms with Gasteiger partial charge in [0.25, 0.3) is 23.9 Å². The lowest BCUT2D eigenvalue weighted by atomic mass is 10.7. The van der Waals surface area contributed by atoms with E-state index in [-0.39, 0.29) is 17.4 Å². The van der Waals surface area contributed by atoms with Crippen molar-refractivity contribution in [3.05, 3.63) is 0 Å². The second kappa shape index (κ2) is 36.2. The van der Waals surface area contributed by atoms with Crippen molar-refractivity contribution in [3.8, 4) is 0 Å². The fraction of sp³-hybridized carbons (Fsp3) is 0.600. The second-order valence-electron chi connectivity index (χ2n) is 2.65. The van der Waals surface area contributed by atoms with Gasteiger partial charge < -0.3 is 31.9 Å². The van der Waals surface area contributed by atoms with Crippen LogP contribution in [-0.2, 0) is 19.2 Å². The van der Waals surface area contributed by atoms with Crippen molar-refractivity contribution in [1.82, 2.24) is 0 Å². The van der Waals surface area contributed by atoms with Crippen LogP contribution in [0.15, 0.2) is 0 Å². The van der Waals surface area contributed by atoms with Crippen LogP contribution >= 0.6 is 0 Å². The molecule has 0 aromatic carbocycles. The van der Waals surface area contributed by atoms with E-state index in [4.69, 9.17) is 51.1 Å². The minimum atomic E-state index is -0.833. The normalized spacial score (nSPS) is 6.19. The summed E-state index contributed by atoms with van der Waals surface area (Å²) < 4.78 is 0. The molecule has 21 heavy (non-hydrogen) atoms. The first-order valence-corrected chi connectivity index (χ1v) is 5.03. The number of rotatable bonds is 1. The topological polar surface area (TPSA) is 201 Å². The summed E-state index contributed by atoms with van der Waals surface area (Å²) in [5.74, 6) is -3.33. The van der Waals surface area contributed by atoms with Gasteiger partial charge >= 0.3 is 0 Å². The molecule has 10 nitrogen and oxygen atoms in total. The molecule has 0 aromatic rings. The van der Waals surface area contributed by atoms with Gasteiger partial charge in [0.1, 0.15) is 0 Å². The monoisotopic (exact) mass is 330 g/mol. The van der Waals surface area contributed by atoms with Gasteiger partial charge in [-0.15, -0.1) is 0 Å². The van der Waals surface area contributed by atoms with Crippen LogP contribution < -0.4 is 11.5 Å². The molecule has 0 amide bonds. The van der Waals surface area contributed by atoms with Crippen LogP contribution in [0, 0.1) is 0 Å². The summed E-state index contributed by atoms with van der Waals surface area (Å²) in [5.41, 5.74) is 9.81. The third-order valence-corrected chi connectivity index (χ3v) is 0.167. The van der Waals surface area contributed by atoms with Crippen LogP contribution in [-0.4, -0.2) is 74.8 Å². The summed E-state index contributed by atoms with van der Waals surface area (Å²) in [6, 6.07) is 0. The molecule has 0 unspecified atom stereocenters. The summed E-state index contributed by atoms with van der Waals surface area (Å²) in [5, 5.41) is 29.7. The highest BCUT2D eigenvalue weighted by atomic mass is 27.0. The molecule has 0 saturated carbocycles. The van der Waals surface area contributed by atoms with Crippen molar-refractivity contribution in [2.24, 2.45) is 11.5 Å². The summed E-state index contributed by atoms with van der Waals surface area (Å²) in [4.78, 5) is 36.0. The molecule has 128 valence electrons. The SMILES string of the molecule is CC(=O)O.CC(=O)O.CC(=O)O.CC(=O)O.NCCN.[AlH3]. The minimum Gasteiger partial charge on any atom is -0.481 e. The quantitative estimate of drug-likeness (QED) is 0.294. The predicted molar refractivity (Wildman–Crippen MR) is 81.3 cm³/mol. The molecule has 0 saturated heterocycles. The zero-order valence-corrected chi connectivity index (χ0v) is 12.0. The maximum Gasteiger partial charge on any atom is 0.300 e. The number of hydrogen-bond acceptors (Lipinski definition) is 6. The van der Waals surface area contributed by atoms with Crippen molar-refractivity contribution in [2.75, 3.05) is 13.1 Å². The number of aliphatic carboxylic acids is 4. The molecule has 0 aliphatic heterocycles. The predicted octanol–water partition coefficient (Wildman–Crippen LogP) is -1.92. The number of carboxylic acids is 4. The van der Waals surface area contributed by atoms with E-state index in [2.05, 4.69) is 0 Å². The van der Waals surface area contributed by atoms with Crippen molar-refractivity contribution in [3.63, 3.8) is 0 Å². The number of hydrogen-bond donors (Lipinski definition) is 6. The van der Waals surface area contributed by atoms with E-state index < -0.39 is 23.9 Å². The molecule has 0 heterocycles. The lowest BCUT2D eigenvalue weighted by Gasteiger charge is -1.72. The van der Waals surface area contributed by atoms with Crippen molar-refractivity contribution in [1.29, 1.82) is 0 Å². The highest BCUT2D eigenvalue weighted by molar-refractivity contribution is 5.75. The first-order chi connectivity index (χ1) is 8.84. The number of carboxylic acid groups (broad SMARTS) is 4. The van der Waals surface area contributed by atoms with Gasteiger partial charge in [-0.1, -0.05) is 0 Å². The third-order valence-electron chi connectivity index (χ3n) is 0.167. The molecule has 0 bridgehead atoms. The summed E-state index contributed by atoms with van der Waals surface area (Å²) >= 11 is 0. The Bertz CT molecular complexity index is 195. The third kappa shape index (κ3) is 11000. The van der Waals surface area contributed by atoms with Crippen LogP contribution in [0.25, 0.3) is 0 Å². The Labute approximate surface area is 133 Å². The molecule has 0 atom stereocenters. The molecular weight excluding hydrogens is 303 g/mol. The first-order valence-electron chi connectivity index (χ1n) is 5.03. The Morgan fingerprint density at radius 3 is 0.667 bits per heavy atom. The number of nitrogens with two attached hydrogens (primary N) is 2. The standard InChI is InChI=1S/C2H8N2.4C2H4O2.Al.3H/c3-1-2-4;4*1-2(3)4;;;;/h1-4H2;4*1H3,(H,3,4);;;;. The Hall–Kier alpha value is -1.67. The van der Waals surface area contributed by atoms with Crippen LogP contribution in [0.4, 0.5) is 0 Å². The average molecular weight is 330 g/mol. The zero-order chi connectivity index (χ0) is 17.7. The summed E-state index contributed by atoms with van der Waals surface area (Å²) in [6.45, 7) is 5.53.